The quantitative estimate of drug-likeness (QED) is 0.159. The molecular weight excluding hydrogens is 635 g/mol. The highest BCUT2D eigenvalue weighted by Crippen LogP contribution is 2.38. The summed E-state index contributed by atoms with van der Waals surface area (Å²) in [7, 11) is -3.49. The Hall–Kier alpha value is -6.39. The summed E-state index contributed by atoms with van der Waals surface area (Å²) in [6.45, 7) is 0. The Bertz CT molecular complexity index is 2430. The van der Waals surface area contributed by atoms with E-state index in [2.05, 4.69) is 19.9 Å². The van der Waals surface area contributed by atoms with E-state index >= 15 is 0 Å². The number of benzene rings is 4. The molecule has 238 valence electrons. The minimum atomic E-state index is -3.49. The van der Waals surface area contributed by atoms with Gasteiger partial charge in [0.2, 0.25) is 5.95 Å². The molecule has 8 aromatic rings. The van der Waals surface area contributed by atoms with Crippen LogP contribution in [0.1, 0.15) is 0 Å². The molecular formula is C39H27N5O4S. The van der Waals surface area contributed by atoms with Crippen molar-refractivity contribution in [2.75, 3.05) is 6.26 Å². The van der Waals surface area contributed by atoms with Gasteiger partial charge in [0.05, 0.1) is 34.8 Å². The van der Waals surface area contributed by atoms with Gasteiger partial charge in [-0.15, -0.1) is 0 Å². The average molecular weight is 662 g/mol. The Kier molecular flexibility index (Phi) is 7.54. The van der Waals surface area contributed by atoms with Gasteiger partial charge in [0.25, 0.3) is 0 Å². The van der Waals surface area contributed by atoms with E-state index in [0.717, 1.165) is 50.6 Å². The average Bonchev–Trinajstić information content (AvgIpc) is 3.45. The second-order valence-corrected chi connectivity index (χ2v) is 13.4. The van der Waals surface area contributed by atoms with Gasteiger partial charge in [-0.1, -0.05) is 36.4 Å². The SMILES string of the molecule is CS(=O)(=O)c1cnc(-n2c3cc(Oc4cccc(-c5ccccn5)c4)ccc3c3ccc(Oc4cccc(-c5ccccn5)c4)cc32)nc1. The molecule has 0 bridgehead atoms. The molecule has 0 amide bonds. The van der Waals surface area contributed by atoms with Crippen LogP contribution in [0, 0.1) is 0 Å². The third kappa shape index (κ3) is 6.08. The molecule has 0 saturated carbocycles. The molecule has 0 unspecified atom stereocenters. The maximum absolute atomic E-state index is 12.2. The van der Waals surface area contributed by atoms with Gasteiger partial charge in [0.15, 0.2) is 9.84 Å². The Labute approximate surface area is 282 Å². The fourth-order valence-corrected chi connectivity index (χ4v) is 6.20. The van der Waals surface area contributed by atoms with E-state index < -0.39 is 9.84 Å². The number of ether oxygens (including phenoxy) is 2. The molecule has 0 atom stereocenters. The van der Waals surface area contributed by atoms with Crippen molar-refractivity contribution in [1.29, 1.82) is 0 Å². The fraction of sp³-hybridized carbons (Fsp3) is 0.0256. The predicted octanol–water partition coefficient (Wildman–Crippen LogP) is 8.69. The molecule has 0 aliphatic heterocycles. The summed E-state index contributed by atoms with van der Waals surface area (Å²) in [6, 6.07) is 38.8. The maximum Gasteiger partial charge on any atom is 0.234 e. The van der Waals surface area contributed by atoms with E-state index in [1.807, 2.05) is 126 Å². The molecule has 8 rings (SSSR count). The second-order valence-electron chi connectivity index (χ2n) is 11.4. The zero-order chi connectivity index (χ0) is 33.4. The summed E-state index contributed by atoms with van der Waals surface area (Å²) in [6.07, 6.45) is 7.29. The number of fused-ring (bicyclic) bond motifs is 3. The summed E-state index contributed by atoms with van der Waals surface area (Å²) in [5, 5.41) is 1.87. The molecule has 0 saturated heterocycles. The monoisotopic (exact) mass is 661 g/mol. The van der Waals surface area contributed by atoms with Crippen LogP contribution in [-0.2, 0) is 9.84 Å². The third-order valence-electron chi connectivity index (χ3n) is 8.01. The number of rotatable bonds is 8. The number of aromatic nitrogens is 5. The first-order valence-corrected chi connectivity index (χ1v) is 17.3. The number of sulfone groups is 1. The highest BCUT2D eigenvalue weighted by atomic mass is 32.2. The molecule has 4 aromatic heterocycles. The molecule has 10 heteroatoms. The fourth-order valence-electron chi connectivity index (χ4n) is 5.71. The molecule has 0 aliphatic rings. The van der Waals surface area contributed by atoms with Crippen molar-refractivity contribution < 1.29 is 17.9 Å². The molecule has 4 aromatic carbocycles. The lowest BCUT2D eigenvalue weighted by atomic mass is 10.1. The minimum absolute atomic E-state index is 0.0330. The van der Waals surface area contributed by atoms with Crippen molar-refractivity contribution in [3.05, 3.63) is 146 Å². The molecule has 0 radical (unpaired) electrons. The Morgan fingerprint density at radius 1 is 0.531 bits per heavy atom. The lowest BCUT2D eigenvalue weighted by molar-refractivity contribution is 0.483. The zero-order valence-corrected chi connectivity index (χ0v) is 27.0. The van der Waals surface area contributed by atoms with Gasteiger partial charge >= 0.3 is 0 Å². The van der Waals surface area contributed by atoms with E-state index in [-0.39, 0.29) is 4.90 Å². The van der Waals surface area contributed by atoms with Crippen molar-refractivity contribution >= 4 is 31.6 Å². The summed E-state index contributed by atoms with van der Waals surface area (Å²) in [5.41, 5.74) is 5.11. The van der Waals surface area contributed by atoms with E-state index in [0.29, 0.717) is 28.9 Å². The van der Waals surface area contributed by atoms with Gasteiger partial charge in [0, 0.05) is 52.7 Å². The first-order valence-electron chi connectivity index (χ1n) is 15.4. The first-order chi connectivity index (χ1) is 23.9. The van der Waals surface area contributed by atoms with E-state index in [1.165, 1.54) is 12.4 Å². The van der Waals surface area contributed by atoms with Crippen LogP contribution in [0.15, 0.2) is 151 Å². The Morgan fingerprint density at radius 2 is 1.02 bits per heavy atom. The number of hydrogen-bond acceptors (Lipinski definition) is 8. The van der Waals surface area contributed by atoms with Gasteiger partial charge in [-0.25, -0.2) is 18.4 Å². The van der Waals surface area contributed by atoms with Crippen molar-refractivity contribution in [2.24, 2.45) is 0 Å². The lowest BCUT2D eigenvalue weighted by Crippen LogP contribution is -2.04. The molecule has 49 heavy (non-hydrogen) atoms. The number of hydrogen-bond donors (Lipinski definition) is 0. The Balaban J connectivity index is 1.22. The van der Waals surface area contributed by atoms with Crippen LogP contribution >= 0.6 is 0 Å². The van der Waals surface area contributed by atoms with Gasteiger partial charge in [-0.05, 0) is 72.8 Å². The van der Waals surface area contributed by atoms with Gasteiger partial charge < -0.3 is 9.47 Å². The van der Waals surface area contributed by atoms with Crippen molar-refractivity contribution in [1.82, 2.24) is 24.5 Å². The summed E-state index contributed by atoms with van der Waals surface area (Å²) < 4.78 is 39.0. The van der Waals surface area contributed by atoms with Crippen LogP contribution in [0.5, 0.6) is 23.0 Å². The molecule has 9 nitrogen and oxygen atoms in total. The smallest absolute Gasteiger partial charge is 0.234 e. The lowest BCUT2D eigenvalue weighted by Gasteiger charge is -2.10. The third-order valence-corrected chi connectivity index (χ3v) is 9.08. The normalized spacial score (nSPS) is 11.5. The van der Waals surface area contributed by atoms with Gasteiger partial charge in [-0.3, -0.25) is 14.5 Å². The highest BCUT2D eigenvalue weighted by Gasteiger charge is 2.18. The van der Waals surface area contributed by atoms with Crippen molar-refractivity contribution in [3.63, 3.8) is 0 Å². The minimum Gasteiger partial charge on any atom is -0.457 e. The van der Waals surface area contributed by atoms with Crippen LogP contribution in [0.25, 0.3) is 50.3 Å². The molecule has 0 aliphatic carbocycles. The van der Waals surface area contributed by atoms with Crippen molar-refractivity contribution in [2.45, 2.75) is 4.90 Å². The van der Waals surface area contributed by atoms with Gasteiger partial charge in [-0.2, -0.15) is 0 Å². The first kappa shape index (κ1) is 30.0. The summed E-state index contributed by atoms with van der Waals surface area (Å²) in [4.78, 5) is 17.9. The number of nitrogens with zero attached hydrogens (tertiary/aromatic N) is 5. The molecule has 0 N–H and O–H groups in total. The Morgan fingerprint density at radius 3 is 1.47 bits per heavy atom. The highest BCUT2D eigenvalue weighted by molar-refractivity contribution is 7.90. The summed E-state index contributed by atoms with van der Waals surface area (Å²) in [5.74, 6) is 2.82. The zero-order valence-electron chi connectivity index (χ0n) is 26.1. The second kappa shape index (κ2) is 12.3. The standard InChI is InChI=1S/C39H27N5O4S/c1-49(45,46)32-24-42-39(43-25-32)44-37-22-30(47-28-10-6-8-26(20-28)35-12-2-4-18-40-35)14-16-33(37)34-17-15-31(23-38(34)44)48-29-11-7-9-27(21-29)36-13-3-5-19-41-36/h2-25H,1H3. The van der Waals surface area contributed by atoms with E-state index in [9.17, 15) is 8.42 Å². The van der Waals surface area contributed by atoms with Gasteiger partial charge in [0.1, 0.15) is 27.9 Å². The van der Waals surface area contributed by atoms with E-state index in [4.69, 9.17) is 9.47 Å². The predicted molar refractivity (Wildman–Crippen MR) is 189 cm³/mol. The maximum atomic E-state index is 12.2. The van der Waals surface area contributed by atoms with Crippen molar-refractivity contribution in [3.8, 4) is 51.5 Å². The largest absolute Gasteiger partial charge is 0.457 e. The van der Waals surface area contributed by atoms with Crippen LogP contribution < -0.4 is 9.47 Å². The summed E-state index contributed by atoms with van der Waals surface area (Å²) >= 11 is 0. The van der Waals surface area contributed by atoms with Crippen LogP contribution in [0.3, 0.4) is 0 Å². The topological polar surface area (TPSA) is 109 Å². The van der Waals surface area contributed by atoms with Crippen LogP contribution in [0.2, 0.25) is 0 Å². The molecule has 4 heterocycles. The molecule has 0 spiro atoms. The van der Waals surface area contributed by atoms with E-state index in [1.54, 1.807) is 12.4 Å². The van der Waals surface area contributed by atoms with Crippen LogP contribution in [-0.4, -0.2) is 39.2 Å². The number of pyridine rings is 2. The molecule has 0 fully saturated rings. The van der Waals surface area contributed by atoms with Crippen LogP contribution in [0.4, 0.5) is 0 Å².